The largest absolute Gasteiger partial charge is 0.478 e. The zero-order valence-corrected chi connectivity index (χ0v) is 13.7. The summed E-state index contributed by atoms with van der Waals surface area (Å²) in [4.78, 5) is 17.5. The number of nitrogens with zero attached hydrogens (tertiary/aromatic N) is 3. The lowest BCUT2D eigenvalue weighted by Crippen LogP contribution is -2.49. The Balaban J connectivity index is 1.76. The van der Waals surface area contributed by atoms with E-state index in [1.165, 1.54) is 16.6 Å². The Morgan fingerprint density at radius 3 is 2.29 bits per heavy atom. The summed E-state index contributed by atoms with van der Waals surface area (Å²) in [7, 11) is -3.52. The molecule has 0 bridgehead atoms. The van der Waals surface area contributed by atoms with Gasteiger partial charge in [0.2, 0.25) is 10.0 Å². The van der Waals surface area contributed by atoms with E-state index in [0.717, 1.165) is 0 Å². The average molecular weight is 347 g/mol. The van der Waals surface area contributed by atoms with Gasteiger partial charge >= 0.3 is 5.97 Å². The Hall–Kier alpha value is -2.45. The van der Waals surface area contributed by atoms with Crippen LogP contribution in [-0.2, 0) is 10.0 Å². The summed E-state index contributed by atoms with van der Waals surface area (Å²) in [5, 5.41) is 9.25. The average Bonchev–Trinajstić information content (AvgIpc) is 2.62. The highest BCUT2D eigenvalue weighted by Crippen LogP contribution is 2.22. The number of piperazine rings is 1. The van der Waals surface area contributed by atoms with Crippen molar-refractivity contribution < 1.29 is 18.3 Å². The summed E-state index contributed by atoms with van der Waals surface area (Å²) in [6.07, 6.45) is 1.54. The number of rotatable bonds is 4. The molecular formula is C16H17N3O4S. The lowest BCUT2D eigenvalue weighted by Gasteiger charge is -2.35. The molecule has 0 aliphatic carbocycles. The van der Waals surface area contributed by atoms with Crippen LogP contribution in [-0.4, -0.2) is 55.0 Å². The Kier molecular flexibility index (Phi) is 4.50. The normalized spacial score (nSPS) is 16.1. The molecule has 0 saturated carbocycles. The van der Waals surface area contributed by atoms with Crippen LogP contribution in [0.5, 0.6) is 0 Å². The predicted molar refractivity (Wildman–Crippen MR) is 88.6 cm³/mol. The van der Waals surface area contributed by atoms with Gasteiger partial charge in [-0.3, -0.25) is 0 Å². The third-order valence-corrected chi connectivity index (χ3v) is 5.85. The first-order valence-corrected chi connectivity index (χ1v) is 8.92. The first-order chi connectivity index (χ1) is 11.5. The van der Waals surface area contributed by atoms with Gasteiger partial charge in [-0.2, -0.15) is 4.31 Å². The van der Waals surface area contributed by atoms with Crippen LogP contribution in [0.25, 0.3) is 0 Å². The fourth-order valence-electron chi connectivity index (χ4n) is 2.70. The second-order valence-corrected chi connectivity index (χ2v) is 7.32. The van der Waals surface area contributed by atoms with E-state index in [9.17, 15) is 18.3 Å². The van der Waals surface area contributed by atoms with Crippen molar-refractivity contribution in [1.82, 2.24) is 9.29 Å². The number of sulfonamides is 1. The van der Waals surface area contributed by atoms with Crippen molar-refractivity contribution in [3.8, 4) is 0 Å². The van der Waals surface area contributed by atoms with Crippen LogP contribution in [0.3, 0.4) is 0 Å². The lowest BCUT2D eigenvalue weighted by atomic mass is 10.2. The smallest absolute Gasteiger partial charge is 0.339 e. The Morgan fingerprint density at radius 2 is 1.67 bits per heavy atom. The molecule has 2 heterocycles. The molecule has 1 aliphatic rings. The van der Waals surface area contributed by atoms with Crippen LogP contribution in [0.4, 0.5) is 5.82 Å². The molecule has 7 nitrogen and oxygen atoms in total. The number of aromatic nitrogens is 1. The SMILES string of the molecule is O=C(O)c1cccnc1N1CCN(S(=O)(=O)c2ccccc2)CC1. The summed E-state index contributed by atoms with van der Waals surface area (Å²) in [6, 6.07) is 11.4. The van der Waals surface area contributed by atoms with Crippen molar-refractivity contribution >= 4 is 21.8 Å². The van der Waals surface area contributed by atoms with E-state index in [0.29, 0.717) is 18.9 Å². The van der Waals surface area contributed by atoms with E-state index < -0.39 is 16.0 Å². The van der Waals surface area contributed by atoms with Crippen LogP contribution < -0.4 is 4.90 Å². The summed E-state index contributed by atoms with van der Waals surface area (Å²) < 4.78 is 26.6. The molecule has 1 fully saturated rings. The van der Waals surface area contributed by atoms with Gasteiger partial charge in [-0.25, -0.2) is 18.2 Å². The van der Waals surface area contributed by atoms with Crippen LogP contribution in [0.15, 0.2) is 53.6 Å². The van der Waals surface area contributed by atoms with E-state index in [2.05, 4.69) is 4.98 Å². The number of carboxylic acids is 1. The van der Waals surface area contributed by atoms with Crippen molar-refractivity contribution in [2.75, 3.05) is 31.1 Å². The van der Waals surface area contributed by atoms with E-state index in [-0.39, 0.29) is 23.5 Å². The molecule has 0 spiro atoms. The molecule has 0 unspecified atom stereocenters. The molecule has 2 aromatic rings. The Morgan fingerprint density at radius 1 is 1.00 bits per heavy atom. The lowest BCUT2D eigenvalue weighted by molar-refractivity contribution is 0.0697. The third kappa shape index (κ3) is 3.10. The molecule has 0 radical (unpaired) electrons. The zero-order valence-electron chi connectivity index (χ0n) is 12.9. The van der Waals surface area contributed by atoms with Crippen molar-refractivity contribution in [3.63, 3.8) is 0 Å². The topological polar surface area (TPSA) is 90.8 Å². The van der Waals surface area contributed by atoms with Gasteiger partial charge in [0.05, 0.1) is 4.90 Å². The fraction of sp³-hybridized carbons (Fsp3) is 0.250. The highest BCUT2D eigenvalue weighted by molar-refractivity contribution is 7.89. The minimum atomic E-state index is -3.52. The van der Waals surface area contributed by atoms with E-state index in [1.54, 1.807) is 41.3 Å². The quantitative estimate of drug-likeness (QED) is 0.896. The summed E-state index contributed by atoms with van der Waals surface area (Å²) in [6.45, 7) is 1.35. The molecule has 0 atom stereocenters. The number of carboxylic acid groups (broad SMARTS) is 1. The van der Waals surface area contributed by atoms with Gasteiger partial charge < -0.3 is 10.0 Å². The summed E-state index contributed by atoms with van der Waals surface area (Å²) in [5.41, 5.74) is 0.122. The Labute approximate surface area is 140 Å². The minimum absolute atomic E-state index is 0.122. The van der Waals surface area contributed by atoms with Gasteiger partial charge in [-0.1, -0.05) is 18.2 Å². The van der Waals surface area contributed by atoms with Gasteiger partial charge in [0.25, 0.3) is 0 Å². The van der Waals surface area contributed by atoms with Crippen LogP contribution >= 0.6 is 0 Å². The number of hydrogen-bond donors (Lipinski definition) is 1. The van der Waals surface area contributed by atoms with E-state index >= 15 is 0 Å². The van der Waals surface area contributed by atoms with Crippen molar-refractivity contribution in [3.05, 3.63) is 54.2 Å². The molecule has 1 N–H and O–H groups in total. The third-order valence-electron chi connectivity index (χ3n) is 3.94. The molecule has 1 aliphatic heterocycles. The van der Waals surface area contributed by atoms with E-state index in [4.69, 9.17) is 0 Å². The molecule has 1 aromatic heterocycles. The number of carbonyl (C=O) groups is 1. The second kappa shape index (κ2) is 6.58. The highest BCUT2D eigenvalue weighted by Gasteiger charge is 2.29. The maximum Gasteiger partial charge on any atom is 0.339 e. The monoisotopic (exact) mass is 347 g/mol. The first-order valence-electron chi connectivity index (χ1n) is 7.48. The number of benzene rings is 1. The zero-order chi connectivity index (χ0) is 17.2. The van der Waals surface area contributed by atoms with Gasteiger partial charge in [0, 0.05) is 32.4 Å². The summed E-state index contributed by atoms with van der Waals surface area (Å²) in [5.74, 6) is -0.667. The standard InChI is InChI=1S/C16H17N3O4S/c20-16(21)14-7-4-8-17-15(14)18-9-11-19(12-10-18)24(22,23)13-5-2-1-3-6-13/h1-8H,9-12H2,(H,20,21). The first kappa shape index (κ1) is 16.4. The Bertz CT molecular complexity index is 831. The van der Waals surface area contributed by atoms with E-state index in [1.807, 2.05) is 0 Å². The molecule has 3 rings (SSSR count). The predicted octanol–water partition coefficient (Wildman–Crippen LogP) is 1.29. The number of pyridine rings is 1. The maximum absolute atomic E-state index is 12.6. The van der Waals surface area contributed by atoms with Crippen LogP contribution in [0, 0.1) is 0 Å². The fourth-order valence-corrected chi connectivity index (χ4v) is 4.14. The molecule has 126 valence electrons. The van der Waals surface area contributed by atoms with Crippen molar-refractivity contribution in [2.24, 2.45) is 0 Å². The second-order valence-electron chi connectivity index (χ2n) is 5.38. The van der Waals surface area contributed by atoms with Gasteiger partial charge in [-0.05, 0) is 24.3 Å². The van der Waals surface area contributed by atoms with Gasteiger partial charge in [-0.15, -0.1) is 0 Å². The van der Waals surface area contributed by atoms with Crippen molar-refractivity contribution in [2.45, 2.75) is 4.90 Å². The molecule has 24 heavy (non-hydrogen) atoms. The highest BCUT2D eigenvalue weighted by atomic mass is 32.2. The number of anilines is 1. The minimum Gasteiger partial charge on any atom is -0.478 e. The van der Waals surface area contributed by atoms with Crippen molar-refractivity contribution in [1.29, 1.82) is 0 Å². The molecule has 1 saturated heterocycles. The van der Waals surface area contributed by atoms with Crippen LogP contribution in [0.1, 0.15) is 10.4 Å². The molecule has 1 aromatic carbocycles. The summed E-state index contributed by atoms with van der Waals surface area (Å²) >= 11 is 0. The number of aromatic carboxylic acids is 1. The molecule has 8 heteroatoms. The maximum atomic E-state index is 12.6. The molecule has 0 amide bonds. The number of hydrogen-bond acceptors (Lipinski definition) is 5. The van der Waals surface area contributed by atoms with Gasteiger partial charge in [0.15, 0.2) is 0 Å². The van der Waals surface area contributed by atoms with Gasteiger partial charge in [0.1, 0.15) is 11.4 Å². The van der Waals surface area contributed by atoms with Crippen LogP contribution in [0.2, 0.25) is 0 Å². The molecular weight excluding hydrogens is 330 g/mol.